The zero-order valence-corrected chi connectivity index (χ0v) is 16.0. The van der Waals surface area contributed by atoms with Crippen molar-refractivity contribution in [2.24, 2.45) is 0 Å². The van der Waals surface area contributed by atoms with Crippen LogP contribution in [0.1, 0.15) is 11.1 Å². The van der Waals surface area contributed by atoms with Gasteiger partial charge in [-0.15, -0.1) is 11.3 Å². The summed E-state index contributed by atoms with van der Waals surface area (Å²) in [6.45, 7) is 0. The van der Waals surface area contributed by atoms with Gasteiger partial charge in [-0.3, -0.25) is 5.41 Å². The number of hydrogen-bond acceptors (Lipinski definition) is 3. The zero-order valence-electron chi connectivity index (χ0n) is 15.1. The topological polar surface area (TPSA) is 49.9 Å². The fourth-order valence-corrected chi connectivity index (χ4v) is 4.91. The first-order valence-electron chi connectivity index (χ1n) is 9.17. The highest BCUT2D eigenvalue weighted by Crippen LogP contribution is 2.39. The van der Waals surface area contributed by atoms with Crippen molar-refractivity contribution in [1.82, 2.24) is 0 Å². The number of hydrogen-bond donors (Lipinski definition) is 2. The summed E-state index contributed by atoms with van der Waals surface area (Å²) in [5.41, 5.74) is 11.1. The van der Waals surface area contributed by atoms with E-state index >= 15 is 0 Å². The van der Waals surface area contributed by atoms with E-state index in [9.17, 15) is 0 Å². The van der Waals surface area contributed by atoms with Crippen LogP contribution in [0, 0.1) is 5.41 Å². The summed E-state index contributed by atoms with van der Waals surface area (Å²) in [6.07, 6.45) is 0. The number of rotatable bonds is 3. The van der Waals surface area contributed by atoms with Crippen LogP contribution in [0.25, 0.3) is 31.3 Å². The van der Waals surface area contributed by atoms with E-state index in [0.29, 0.717) is 11.4 Å². The molecule has 3 heteroatoms. The van der Waals surface area contributed by atoms with Gasteiger partial charge in [-0.25, -0.2) is 0 Å². The Kier molecular flexibility index (Phi) is 3.96. The summed E-state index contributed by atoms with van der Waals surface area (Å²) in [6, 6.07) is 30.8. The van der Waals surface area contributed by atoms with Crippen LogP contribution in [0.3, 0.4) is 0 Å². The molecule has 0 aliphatic rings. The lowest BCUT2D eigenvalue weighted by atomic mass is 9.97. The maximum absolute atomic E-state index is 8.51. The van der Waals surface area contributed by atoms with Gasteiger partial charge in [-0.05, 0) is 23.3 Å². The van der Waals surface area contributed by atoms with Crippen molar-refractivity contribution in [2.45, 2.75) is 0 Å². The van der Waals surface area contributed by atoms with Crippen LogP contribution in [0.15, 0.2) is 91.0 Å². The Balaban J connectivity index is 1.58. The minimum atomic E-state index is 0.449. The van der Waals surface area contributed by atoms with Crippen LogP contribution < -0.4 is 5.73 Å². The second kappa shape index (κ2) is 6.63. The zero-order chi connectivity index (χ0) is 19.1. The molecule has 2 nitrogen and oxygen atoms in total. The molecule has 0 saturated heterocycles. The molecule has 5 aromatic rings. The van der Waals surface area contributed by atoms with Crippen molar-refractivity contribution in [3.05, 3.63) is 102 Å². The normalized spacial score (nSPS) is 11.1. The lowest BCUT2D eigenvalue weighted by Gasteiger charge is -2.09. The maximum Gasteiger partial charge on any atom is 0.0705 e. The number of benzene rings is 4. The van der Waals surface area contributed by atoms with E-state index < -0.39 is 0 Å². The van der Waals surface area contributed by atoms with E-state index in [-0.39, 0.29) is 0 Å². The summed E-state index contributed by atoms with van der Waals surface area (Å²) in [7, 11) is 0. The largest absolute Gasteiger partial charge is 0.398 e. The monoisotopic (exact) mass is 378 g/mol. The van der Waals surface area contributed by atoms with Gasteiger partial charge < -0.3 is 5.73 Å². The predicted octanol–water partition coefficient (Wildman–Crippen LogP) is 6.72. The fraction of sp³-hybridized carbons (Fsp3) is 0. The van der Waals surface area contributed by atoms with Gasteiger partial charge in [0.15, 0.2) is 0 Å². The Morgan fingerprint density at radius 1 is 0.714 bits per heavy atom. The number of nitrogen functional groups attached to an aromatic ring is 1. The number of nitrogens with one attached hydrogen (secondary N) is 1. The third-order valence-electron chi connectivity index (χ3n) is 5.12. The van der Waals surface area contributed by atoms with Gasteiger partial charge in [0.25, 0.3) is 0 Å². The molecular formula is C25H18N2S. The Bertz CT molecular complexity index is 1330. The summed E-state index contributed by atoms with van der Waals surface area (Å²) < 4.78 is 2.61. The first-order chi connectivity index (χ1) is 13.7. The molecule has 0 aliphatic carbocycles. The molecule has 1 aromatic heterocycles. The van der Waals surface area contributed by atoms with Gasteiger partial charge >= 0.3 is 0 Å². The molecule has 4 aromatic carbocycles. The quantitative estimate of drug-likeness (QED) is 0.266. The van der Waals surface area contributed by atoms with Crippen LogP contribution in [-0.4, -0.2) is 5.71 Å². The SMILES string of the molecule is N=C(c1ccc(-c2cccc3c2sc2ccccc23)cc1)c1ccccc1N. The second-order valence-corrected chi connectivity index (χ2v) is 7.87. The Morgan fingerprint density at radius 2 is 1.43 bits per heavy atom. The molecule has 0 unspecified atom stereocenters. The Labute approximate surface area is 167 Å². The summed E-state index contributed by atoms with van der Waals surface area (Å²) in [5, 5.41) is 11.1. The molecule has 134 valence electrons. The van der Waals surface area contributed by atoms with Crippen LogP contribution >= 0.6 is 11.3 Å². The average Bonchev–Trinajstić information content (AvgIpc) is 3.13. The number of anilines is 1. The van der Waals surface area contributed by atoms with Crippen LogP contribution in [0.2, 0.25) is 0 Å². The van der Waals surface area contributed by atoms with E-state index in [4.69, 9.17) is 11.1 Å². The smallest absolute Gasteiger partial charge is 0.0705 e. The van der Waals surface area contributed by atoms with E-state index in [2.05, 4.69) is 54.6 Å². The first-order valence-corrected chi connectivity index (χ1v) is 9.98. The number of thiophene rings is 1. The van der Waals surface area contributed by atoms with E-state index in [1.54, 1.807) is 0 Å². The molecule has 0 radical (unpaired) electrons. The van der Waals surface area contributed by atoms with E-state index in [0.717, 1.165) is 16.7 Å². The molecule has 1 heterocycles. The Morgan fingerprint density at radius 3 is 2.25 bits per heavy atom. The second-order valence-electron chi connectivity index (χ2n) is 6.82. The standard InChI is InChI=1S/C25H18N2S/c26-22-10-3-1-7-21(22)24(27)17-14-12-16(13-15-17)18-8-5-9-20-19-6-2-4-11-23(19)28-25(18)20/h1-15,27H,26H2. The van der Waals surface area contributed by atoms with Gasteiger partial charge in [0.05, 0.1) is 5.71 Å². The third-order valence-corrected chi connectivity index (χ3v) is 6.34. The van der Waals surface area contributed by atoms with Gasteiger partial charge in [0.2, 0.25) is 0 Å². The lowest BCUT2D eigenvalue weighted by molar-refractivity contribution is 1.46. The van der Waals surface area contributed by atoms with Crippen molar-refractivity contribution >= 4 is 42.9 Å². The molecule has 0 spiro atoms. The highest BCUT2D eigenvalue weighted by Gasteiger charge is 2.11. The lowest BCUT2D eigenvalue weighted by Crippen LogP contribution is -2.04. The highest BCUT2D eigenvalue weighted by atomic mass is 32.1. The van der Waals surface area contributed by atoms with Crippen molar-refractivity contribution < 1.29 is 0 Å². The maximum atomic E-state index is 8.51. The van der Waals surface area contributed by atoms with Gasteiger partial charge in [-0.1, -0.05) is 78.9 Å². The van der Waals surface area contributed by atoms with Crippen LogP contribution in [0.5, 0.6) is 0 Å². The van der Waals surface area contributed by atoms with E-state index in [1.165, 1.54) is 25.7 Å². The van der Waals surface area contributed by atoms with Crippen molar-refractivity contribution in [1.29, 1.82) is 5.41 Å². The molecule has 0 atom stereocenters. The molecule has 0 bridgehead atoms. The average molecular weight is 379 g/mol. The number of nitrogens with two attached hydrogens (primary N) is 1. The van der Waals surface area contributed by atoms with Crippen molar-refractivity contribution in [3.8, 4) is 11.1 Å². The molecule has 0 saturated carbocycles. The minimum Gasteiger partial charge on any atom is -0.398 e. The number of fused-ring (bicyclic) bond motifs is 3. The van der Waals surface area contributed by atoms with Gasteiger partial charge in [0, 0.05) is 37.0 Å². The molecule has 5 rings (SSSR count). The van der Waals surface area contributed by atoms with Crippen molar-refractivity contribution in [3.63, 3.8) is 0 Å². The van der Waals surface area contributed by atoms with Gasteiger partial charge in [-0.2, -0.15) is 0 Å². The molecule has 3 N–H and O–H groups in total. The first kappa shape index (κ1) is 16.7. The predicted molar refractivity (Wildman–Crippen MR) is 122 cm³/mol. The van der Waals surface area contributed by atoms with Crippen molar-refractivity contribution in [2.75, 3.05) is 5.73 Å². The number of para-hydroxylation sites is 1. The highest BCUT2D eigenvalue weighted by molar-refractivity contribution is 7.26. The third kappa shape index (κ3) is 2.68. The van der Waals surface area contributed by atoms with E-state index in [1.807, 2.05) is 47.7 Å². The summed E-state index contributed by atoms with van der Waals surface area (Å²) >= 11 is 1.83. The van der Waals surface area contributed by atoms with Crippen LogP contribution in [0.4, 0.5) is 5.69 Å². The molecular weight excluding hydrogens is 360 g/mol. The molecule has 0 fully saturated rings. The fourth-order valence-electron chi connectivity index (χ4n) is 3.67. The van der Waals surface area contributed by atoms with Crippen LogP contribution in [-0.2, 0) is 0 Å². The minimum absolute atomic E-state index is 0.449. The summed E-state index contributed by atoms with van der Waals surface area (Å²) in [4.78, 5) is 0. The molecule has 0 amide bonds. The molecule has 0 aliphatic heterocycles. The van der Waals surface area contributed by atoms with Gasteiger partial charge in [0.1, 0.15) is 0 Å². The summed E-state index contributed by atoms with van der Waals surface area (Å²) in [5.74, 6) is 0. The molecule has 28 heavy (non-hydrogen) atoms. The Hall–Kier alpha value is -3.43.